The van der Waals surface area contributed by atoms with Crippen molar-refractivity contribution < 1.29 is 0 Å². The summed E-state index contributed by atoms with van der Waals surface area (Å²) in [5, 5.41) is 5.45. The van der Waals surface area contributed by atoms with Gasteiger partial charge in [0.25, 0.3) is 0 Å². The fraction of sp³-hybridized carbons (Fsp3) is 0.214. The fourth-order valence-electron chi connectivity index (χ4n) is 2.36. The molecule has 0 aliphatic rings. The number of H-pyrrole nitrogens is 1. The van der Waals surface area contributed by atoms with Crippen molar-refractivity contribution in [1.82, 2.24) is 14.8 Å². The first-order valence-electron chi connectivity index (χ1n) is 5.95. The van der Waals surface area contributed by atoms with Crippen LogP contribution in [-0.2, 0) is 7.05 Å². The van der Waals surface area contributed by atoms with E-state index in [4.69, 9.17) is 5.73 Å². The molecule has 0 bridgehead atoms. The number of rotatable bonds is 1. The van der Waals surface area contributed by atoms with Crippen molar-refractivity contribution in [2.75, 3.05) is 5.73 Å². The van der Waals surface area contributed by atoms with Crippen molar-refractivity contribution in [3.8, 4) is 11.1 Å². The minimum Gasteiger partial charge on any atom is -0.383 e. The number of anilines is 1. The Kier molecular flexibility index (Phi) is 2.20. The lowest BCUT2D eigenvalue weighted by Crippen LogP contribution is -1.98. The number of fused-ring (bicyclic) bond motifs is 1. The SMILES string of the molecule is Cc1[nH]c2c(-c3cnn(C)c3N)cccc2c1C. The summed E-state index contributed by atoms with van der Waals surface area (Å²) in [7, 11) is 1.85. The smallest absolute Gasteiger partial charge is 0.129 e. The minimum atomic E-state index is 0.687. The molecule has 3 rings (SSSR count). The highest BCUT2D eigenvalue weighted by molar-refractivity contribution is 5.98. The van der Waals surface area contributed by atoms with Crippen molar-refractivity contribution in [1.29, 1.82) is 0 Å². The average molecular weight is 240 g/mol. The Labute approximate surface area is 105 Å². The molecule has 92 valence electrons. The van der Waals surface area contributed by atoms with E-state index in [1.54, 1.807) is 4.68 Å². The number of aromatic nitrogens is 3. The van der Waals surface area contributed by atoms with Crippen LogP contribution in [0.4, 0.5) is 5.82 Å². The summed E-state index contributed by atoms with van der Waals surface area (Å²) in [6.07, 6.45) is 1.82. The largest absolute Gasteiger partial charge is 0.383 e. The van der Waals surface area contributed by atoms with Gasteiger partial charge >= 0.3 is 0 Å². The second-order valence-corrected chi connectivity index (χ2v) is 4.67. The van der Waals surface area contributed by atoms with E-state index in [2.05, 4.69) is 42.1 Å². The molecule has 3 aromatic rings. The fourth-order valence-corrected chi connectivity index (χ4v) is 2.36. The van der Waals surface area contributed by atoms with Crippen LogP contribution in [0.2, 0.25) is 0 Å². The van der Waals surface area contributed by atoms with Crippen LogP contribution in [0.3, 0.4) is 0 Å². The molecular weight excluding hydrogens is 224 g/mol. The molecular formula is C14H16N4. The summed E-state index contributed by atoms with van der Waals surface area (Å²) in [4.78, 5) is 3.44. The van der Waals surface area contributed by atoms with Gasteiger partial charge in [0.1, 0.15) is 5.82 Å². The molecule has 0 saturated heterocycles. The van der Waals surface area contributed by atoms with E-state index in [1.165, 1.54) is 16.6 Å². The molecule has 0 aliphatic heterocycles. The highest BCUT2D eigenvalue weighted by atomic mass is 15.3. The Morgan fingerprint density at radius 3 is 2.67 bits per heavy atom. The van der Waals surface area contributed by atoms with E-state index < -0.39 is 0 Å². The highest BCUT2D eigenvalue weighted by Crippen LogP contribution is 2.33. The molecule has 18 heavy (non-hydrogen) atoms. The molecule has 0 aliphatic carbocycles. The van der Waals surface area contributed by atoms with Gasteiger partial charge < -0.3 is 10.7 Å². The summed E-state index contributed by atoms with van der Waals surface area (Å²) in [6.45, 7) is 4.22. The van der Waals surface area contributed by atoms with Gasteiger partial charge in [0.15, 0.2) is 0 Å². The Balaban J connectivity index is 2.36. The number of nitrogen functional groups attached to an aromatic ring is 1. The number of aryl methyl sites for hydroxylation is 3. The lowest BCUT2D eigenvalue weighted by atomic mass is 10.0. The minimum absolute atomic E-state index is 0.687. The Bertz CT molecular complexity index is 734. The number of hydrogen-bond donors (Lipinski definition) is 2. The van der Waals surface area contributed by atoms with E-state index in [0.717, 1.165) is 16.6 Å². The number of para-hydroxylation sites is 1. The highest BCUT2D eigenvalue weighted by Gasteiger charge is 2.13. The molecule has 4 heteroatoms. The van der Waals surface area contributed by atoms with Crippen molar-refractivity contribution in [3.05, 3.63) is 35.7 Å². The number of aromatic amines is 1. The second kappa shape index (κ2) is 3.63. The molecule has 2 aromatic heterocycles. The van der Waals surface area contributed by atoms with Crippen molar-refractivity contribution in [2.45, 2.75) is 13.8 Å². The third-order valence-electron chi connectivity index (χ3n) is 3.62. The van der Waals surface area contributed by atoms with Gasteiger partial charge in [-0.15, -0.1) is 0 Å². The average Bonchev–Trinajstić information content (AvgIpc) is 2.83. The molecule has 3 N–H and O–H groups in total. The number of hydrogen-bond acceptors (Lipinski definition) is 2. The normalized spacial score (nSPS) is 11.3. The van der Waals surface area contributed by atoms with Gasteiger partial charge in [-0.05, 0) is 19.4 Å². The van der Waals surface area contributed by atoms with E-state index >= 15 is 0 Å². The summed E-state index contributed by atoms with van der Waals surface area (Å²) >= 11 is 0. The quantitative estimate of drug-likeness (QED) is 0.687. The van der Waals surface area contributed by atoms with Crippen molar-refractivity contribution in [3.63, 3.8) is 0 Å². The third-order valence-corrected chi connectivity index (χ3v) is 3.62. The van der Waals surface area contributed by atoms with E-state index in [9.17, 15) is 0 Å². The van der Waals surface area contributed by atoms with Crippen LogP contribution >= 0.6 is 0 Å². The number of nitrogens with zero attached hydrogens (tertiary/aromatic N) is 2. The van der Waals surface area contributed by atoms with E-state index in [0.29, 0.717) is 5.82 Å². The summed E-state index contributed by atoms with van der Waals surface area (Å²) in [5.41, 5.74) is 11.8. The van der Waals surface area contributed by atoms with E-state index in [-0.39, 0.29) is 0 Å². The lowest BCUT2D eigenvalue weighted by Gasteiger charge is -2.03. The molecule has 1 aromatic carbocycles. The third kappa shape index (κ3) is 1.35. The zero-order valence-electron chi connectivity index (χ0n) is 10.8. The van der Waals surface area contributed by atoms with Crippen LogP contribution in [0.15, 0.2) is 24.4 Å². The van der Waals surface area contributed by atoms with Gasteiger partial charge in [0, 0.05) is 29.3 Å². The number of nitrogens with one attached hydrogen (secondary N) is 1. The summed E-state index contributed by atoms with van der Waals surface area (Å²) in [6, 6.07) is 6.26. The van der Waals surface area contributed by atoms with Crippen molar-refractivity contribution in [2.24, 2.45) is 7.05 Å². The molecule has 0 spiro atoms. The van der Waals surface area contributed by atoms with Crippen LogP contribution in [0.1, 0.15) is 11.3 Å². The van der Waals surface area contributed by atoms with Gasteiger partial charge in [0.2, 0.25) is 0 Å². The maximum absolute atomic E-state index is 6.06. The van der Waals surface area contributed by atoms with Crippen LogP contribution in [0.25, 0.3) is 22.0 Å². The first-order chi connectivity index (χ1) is 8.59. The van der Waals surface area contributed by atoms with Gasteiger partial charge in [-0.3, -0.25) is 4.68 Å². The van der Waals surface area contributed by atoms with Crippen LogP contribution in [-0.4, -0.2) is 14.8 Å². The summed E-state index contributed by atoms with van der Waals surface area (Å²) in [5.74, 6) is 0.687. The molecule has 0 radical (unpaired) electrons. The molecule has 0 saturated carbocycles. The maximum Gasteiger partial charge on any atom is 0.129 e. The number of benzene rings is 1. The first-order valence-corrected chi connectivity index (χ1v) is 5.95. The molecule has 0 atom stereocenters. The van der Waals surface area contributed by atoms with Gasteiger partial charge in [0.05, 0.1) is 11.7 Å². The standard InChI is InChI=1S/C14H16N4/c1-8-9(2)17-13-10(8)5-4-6-11(13)12-7-16-18(3)14(12)15/h4-7,17H,15H2,1-3H3. The maximum atomic E-state index is 6.06. The molecule has 2 heterocycles. The number of nitrogens with two attached hydrogens (primary N) is 1. The molecule has 0 unspecified atom stereocenters. The van der Waals surface area contributed by atoms with Crippen molar-refractivity contribution >= 4 is 16.7 Å². The molecule has 4 nitrogen and oxygen atoms in total. The summed E-state index contributed by atoms with van der Waals surface area (Å²) < 4.78 is 1.69. The van der Waals surface area contributed by atoms with Gasteiger partial charge in [-0.2, -0.15) is 5.10 Å². The predicted molar refractivity (Wildman–Crippen MR) is 74.4 cm³/mol. The van der Waals surface area contributed by atoms with Crippen LogP contribution in [0, 0.1) is 13.8 Å². The first kappa shape index (κ1) is 10.9. The predicted octanol–water partition coefficient (Wildman–Crippen LogP) is 2.77. The van der Waals surface area contributed by atoms with E-state index in [1.807, 2.05) is 13.2 Å². The Morgan fingerprint density at radius 2 is 2.00 bits per heavy atom. The topological polar surface area (TPSA) is 59.6 Å². The second-order valence-electron chi connectivity index (χ2n) is 4.67. The van der Waals surface area contributed by atoms with Crippen LogP contribution < -0.4 is 5.73 Å². The zero-order valence-corrected chi connectivity index (χ0v) is 10.8. The Morgan fingerprint density at radius 1 is 1.22 bits per heavy atom. The zero-order chi connectivity index (χ0) is 12.9. The molecule has 0 amide bonds. The monoisotopic (exact) mass is 240 g/mol. The Hall–Kier alpha value is -2.23. The van der Waals surface area contributed by atoms with Gasteiger partial charge in [-0.1, -0.05) is 18.2 Å². The molecule has 0 fully saturated rings. The van der Waals surface area contributed by atoms with Gasteiger partial charge in [-0.25, -0.2) is 0 Å². The van der Waals surface area contributed by atoms with Crippen LogP contribution in [0.5, 0.6) is 0 Å². The lowest BCUT2D eigenvalue weighted by molar-refractivity contribution is 0.779.